The molecule has 1 aromatic rings. The summed E-state index contributed by atoms with van der Waals surface area (Å²) >= 11 is 0. The molecular formula is C17H22. The quantitative estimate of drug-likeness (QED) is 0.705. The number of hydrogen-bond acceptors (Lipinski definition) is 0. The van der Waals surface area contributed by atoms with Crippen LogP contribution < -0.4 is 0 Å². The molecule has 4 saturated carbocycles. The number of benzene rings is 1. The van der Waals surface area contributed by atoms with E-state index >= 15 is 0 Å². The van der Waals surface area contributed by atoms with E-state index in [4.69, 9.17) is 0 Å². The molecule has 1 aromatic carbocycles. The van der Waals surface area contributed by atoms with E-state index < -0.39 is 0 Å². The number of rotatable bonds is 2. The van der Waals surface area contributed by atoms with E-state index in [1.807, 2.05) is 0 Å². The smallest absolute Gasteiger partial charge is 0.0245 e. The molecule has 0 heterocycles. The maximum absolute atomic E-state index is 2.32. The van der Waals surface area contributed by atoms with E-state index in [0.29, 0.717) is 0 Å². The highest BCUT2D eigenvalue weighted by molar-refractivity contribution is 5.16. The van der Waals surface area contributed by atoms with Crippen LogP contribution in [-0.4, -0.2) is 0 Å². The third kappa shape index (κ3) is 1.73. The van der Waals surface area contributed by atoms with Gasteiger partial charge in [-0.15, -0.1) is 0 Å². The number of hydrogen-bond donors (Lipinski definition) is 0. The van der Waals surface area contributed by atoms with E-state index in [-0.39, 0.29) is 0 Å². The predicted molar refractivity (Wildman–Crippen MR) is 70.7 cm³/mol. The van der Waals surface area contributed by atoms with Gasteiger partial charge in [0.2, 0.25) is 0 Å². The van der Waals surface area contributed by atoms with Crippen molar-refractivity contribution in [1.82, 2.24) is 0 Å². The minimum Gasteiger partial charge on any atom is -0.0622 e. The maximum Gasteiger partial charge on any atom is -0.0245 e. The molecule has 0 heteroatoms. The lowest BCUT2D eigenvalue weighted by Crippen LogP contribution is -2.45. The van der Waals surface area contributed by atoms with Gasteiger partial charge in [-0.1, -0.05) is 30.3 Å². The maximum atomic E-state index is 2.32. The molecule has 0 unspecified atom stereocenters. The summed E-state index contributed by atoms with van der Waals surface area (Å²) in [7, 11) is 0. The van der Waals surface area contributed by atoms with Crippen LogP contribution in [-0.2, 0) is 6.42 Å². The van der Waals surface area contributed by atoms with Crippen LogP contribution in [0.1, 0.15) is 37.7 Å². The van der Waals surface area contributed by atoms with Gasteiger partial charge in [-0.25, -0.2) is 0 Å². The van der Waals surface area contributed by atoms with Gasteiger partial charge in [0, 0.05) is 0 Å². The zero-order chi connectivity index (χ0) is 11.2. The van der Waals surface area contributed by atoms with Crippen molar-refractivity contribution in [2.75, 3.05) is 0 Å². The molecule has 0 spiro atoms. The predicted octanol–water partition coefficient (Wildman–Crippen LogP) is 4.30. The first-order chi connectivity index (χ1) is 8.38. The van der Waals surface area contributed by atoms with Gasteiger partial charge in [0.25, 0.3) is 0 Å². The van der Waals surface area contributed by atoms with E-state index in [0.717, 1.165) is 29.6 Å². The zero-order valence-corrected chi connectivity index (χ0v) is 10.5. The average Bonchev–Trinajstić information content (AvgIpc) is 2.34. The van der Waals surface area contributed by atoms with Gasteiger partial charge >= 0.3 is 0 Å². The van der Waals surface area contributed by atoms with Gasteiger partial charge in [0.05, 0.1) is 0 Å². The third-order valence-corrected chi connectivity index (χ3v) is 5.74. The van der Waals surface area contributed by atoms with E-state index in [1.54, 1.807) is 37.7 Å². The highest BCUT2D eigenvalue weighted by atomic mass is 14.5. The van der Waals surface area contributed by atoms with E-state index in [2.05, 4.69) is 30.3 Å². The summed E-state index contributed by atoms with van der Waals surface area (Å²) in [5.41, 5.74) is 1.57. The first kappa shape index (κ1) is 10.2. The molecule has 0 amide bonds. The minimum absolute atomic E-state index is 1.02. The molecule has 0 aliphatic heterocycles. The van der Waals surface area contributed by atoms with Crippen LogP contribution in [0.15, 0.2) is 30.3 Å². The van der Waals surface area contributed by atoms with Crippen LogP contribution in [0.25, 0.3) is 0 Å². The van der Waals surface area contributed by atoms with Gasteiger partial charge in [-0.3, -0.25) is 0 Å². The molecule has 17 heavy (non-hydrogen) atoms. The Morgan fingerprint density at radius 1 is 0.765 bits per heavy atom. The second-order valence-corrected chi connectivity index (χ2v) is 6.78. The summed E-state index contributed by atoms with van der Waals surface area (Å²) in [4.78, 5) is 0. The Bertz CT molecular complexity index is 364. The van der Waals surface area contributed by atoms with Crippen LogP contribution in [0.5, 0.6) is 0 Å². The second kappa shape index (κ2) is 3.86. The fourth-order valence-electron chi connectivity index (χ4n) is 5.26. The minimum atomic E-state index is 1.02. The van der Waals surface area contributed by atoms with E-state index in [1.165, 1.54) is 6.42 Å². The van der Waals surface area contributed by atoms with Gasteiger partial charge in [-0.2, -0.15) is 0 Å². The van der Waals surface area contributed by atoms with Crippen molar-refractivity contribution in [3.8, 4) is 0 Å². The Morgan fingerprint density at radius 3 is 1.94 bits per heavy atom. The molecule has 0 aromatic heterocycles. The lowest BCUT2D eigenvalue weighted by molar-refractivity contribution is -0.0360. The van der Waals surface area contributed by atoms with E-state index in [9.17, 15) is 0 Å². The molecule has 4 bridgehead atoms. The van der Waals surface area contributed by atoms with Crippen LogP contribution in [0.2, 0.25) is 0 Å². The molecule has 4 aliphatic rings. The van der Waals surface area contributed by atoms with Crippen molar-refractivity contribution in [2.45, 2.75) is 38.5 Å². The van der Waals surface area contributed by atoms with Crippen LogP contribution in [0.4, 0.5) is 0 Å². The standard InChI is InChI=1S/C17H22/c1-2-4-12(5-3-1)11-17-15-7-13-6-14(9-15)10-16(17)8-13/h1-5,13-17H,6-11H2. The molecule has 0 radical (unpaired) electrons. The summed E-state index contributed by atoms with van der Waals surface area (Å²) in [6.07, 6.45) is 9.17. The van der Waals surface area contributed by atoms with Gasteiger partial charge in [0.1, 0.15) is 0 Å². The van der Waals surface area contributed by atoms with Gasteiger partial charge < -0.3 is 0 Å². The molecule has 90 valence electrons. The molecule has 0 atom stereocenters. The van der Waals surface area contributed by atoms with Crippen molar-refractivity contribution >= 4 is 0 Å². The molecule has 4 aliphatic carbocycles. The average molecular weight is 226 g/mol. The lowest BCUT2D eigenvalue weighted by atomic mass is 9.51. The zero-order valence-electron chi connectivity index (χ0n) is 10.5. The molecule has 0 nitrogen and oxygen atoms in total. The van der Waals surface area contributed by atoms with Crippen molar-refractivity contribution in [3.63, 3.8) is 0 Å². The van der Waals surface area contributed by atoms with Crippen molar-refractivity contribution in [3.05, 3.63) is 35.9 Å². The highest BCUT2D eigenvalue weighted by Gasteiger charge is 2.47. The van der Waals surface area contributed by atoms with Crippen LogP contribution in [0, 0.1) is 29.6 Å². The molecule has 0 N–H and O–H groups in total. The van der Waals surface area contributed by atoms with Crippen molar-refractivity contribution < 1.29 is 0 Å². The summed E-state index contributed by atoms with van der Waals surface area (Å²) < 4.78 is 0. The topological polar surface area (TPSA) is 0 Å². The van der Waals surface area contributed by atoms with Crippen molar-refractivity contribution in [2.24, 2.45) is 29.6 Å². The lowest BCUT2D eigenvalue weighted by Gasteiger charge is -2.54. The first-order valence-corrected chi connectivity index (χ1v) is 7.42. The van der Waals surface area contributed by atoms with Gasteiger partial charge in [-0.05, 0) is 73.7 Å². The first-order valence-electron chi connectivity index (χ1n) is 7.42. The monoisotopic (exact) mass is 226 g/mol. The van der Waals surface area contributed by atoms with Crippen LogP contribution >= 0.6 is 0 Å². The normalized spacial score (nSPS) is 42.9. The Morgan fingerprint density at radius 2 is 1.35 bits per heavy atom. The molecule has 5 rings (SSSR count). The Hall–Kier alpha value is -0.780. The fourth-order valence-corrected chi connectivity index (χ4v) is 5.26. The fraction of sp³-hybridized carbons (Fsp3) is 0.647. The van der Waals surface area contributed by atoms with Crippen LogP contribution in [0.3, 0.4) is 0 Å². The van der Waals surface area contributed by atoms with Gasteiger partial charge in [0.15, 0.2) is 0 Å². The summed E-state index contributed by atoms with van der Waals surface area (Å²) in [6.45, 7) is 0. The third-order valence-electron chi connectivity index (χ3n) is 5.74. The largest absolute Gasteiger partial charge is 0.0622 e. The summed E-state index contributed by atoms with van der Waals surface area (Å²) in [5, 5.41) is 0. The summed E-state index contributed by atoms with van der Waals surface area (Å²) in [6, 6.07) is 11.2. The molecule has 4 fully saturated rings. The second-order valence-electron chi connectivity index (χ2n) is 6.78. The Balaban J connectivity index is 1.55. The highest BCUT2D eigenvalue weighted by Crippen LogP contribution is 2.57. The van der Waals surface area contributed by atoms with Crippen molar-refractivity contribution in [1.29, 1.82) is 0 Å². The SMILES string of the molecule is c1ccc(CC2C3CC4CC(C3)CC2C4)cc1. The summed E-state index contributed by atoms with van der Waals surface area (Å²) in [5.74, 6) is 5.40. The Labute approximate surface area is 104 Å². The molecule has 0 saturated heterocycles. The Kier molecular flexibility index (Phi) is 2.31. The molecular weight excluding hydrogens is 204 g/mol.